The summed E-state index contributed by atoms with van der Waals surface area (Å²) in [4.78, 5) is 8.70. The number of aromatic nitrogens is 2. The van der Waals surface area contributed by atoms with E-state index < -0.39 is 0 Å². The van der Waals surface area contributed by atoms with Gasteiger partial charge in [-0.25, -0.2) is 9.97 Å². The van der Waals surface area contributed by atoms with Gasteiger partial charge in [-0.1, -0.05) is 19.3 Å². The van der Waals surface area contributed by atoms with Gasteiger partial charge in [0.25, 0.3) is 0 Å². The number of rotatable bonds is 4. The molecule has 1 unspecified atom stereocenters. The molecule has 1 aromatic rings. The monoisotopic (exact) mass is 229 g/mol. The van der Waals surface area contributed by atoms with Crippen LogP contribution in [0.2, 0.25) is 0 Å². The van der Waals surface area contributed by atoms with Crippen LogP contribution in [0.5, 0.6) is 0 Å². The van der Waals surface area contributed by atoms with E-state index in [4.69, 9.17) is 6.42 Å². The molecule has 1 aromatic heterocycles. The average molecular weight is 229 g/mol. The van der Waals surface area contributed by atoms with Gasteiger partial charge in [-0.05, 0) is 32.1 Å². The molecule has 1 N–H and O–H groups in total. The first-order valence-corrected chi connectivity index (χ1v) is 6.40. The Morgan fingerprint density at radius 2 is 2.24 bits per heavy atom. The number of fused-ring (bicyclic) bond motifs is 1. The first-order chi connectivity index (χ1) is 8.35. The van der Waals surface area contributed by atoms with Crippen molar-refractivity contribution in [1.29, 1.82) is 0 Å². The second-order valence-corrected chi connectivity index (χ2v) is 4.51. The quantitative estimate of drug-likeness (QED) is 0.806. The number of aryl methyl sites for hydroxylation is 1. The fraction of sp³-hybridized carbons (Fsp3) is 0.571. The summed E-state index contributed by atoms with van der Waals surface area (Å²) in [7, 11) is 0. The predicted octanol–water partition coefficient (Wildman–Crippen LogP) is 2.57. The lowest BCUT2D eigenvalue weighted by molar-refractivity contribution is 0.660. The van der Waals surface area contributed by atoms with Crippen molar-refractivity contribution >= 4 is 5.82 Å². The zero-order chi connectivity index (χ0) is 12.1. The molecule has 0 bridgehead atoms. The fourth-order valence-corrected chi connectivity index (χ4v) is 2.30. The maximum absolute atomic E-state index is 5.53. The summed E-state index contributed by atoms with van der Waals surface area (Å²) < 4.78 is 0. The third kappa shape index (κ3) is 2.76. The summed E-state index contributed by atoms with van der Waals surface area (Å²) >= 11 is 0. The molecule has 0 aliphatic heterocycles. The van der Waals surface area contributed by atoms with Gasteiger partial charge in [0.15, 0.2) is 0 Å². The molecule has 1 aliphatic carbocycles. The van der Waals surface area contributed by atoms with E-state index in [1.807, 2.05) is 0 Å². The van der Waals surface area contributed by atoms with Crippen molar-refractivity contribution in [2.24, 2.45) is 0 Å². The van der Waals surface area contributed by atoms with Gasteiger partial charge < -0.3 is 5.32 Å². The van der Waals surface area contributed by atoms with E-state index in [0.717, 1.165) is 31.5 Å². The van der Waals surface area contributed by atoms with Crippen molar-refractivity contribution in [1.82, 2.24) is 9.97 Å². The van der Waals surface area contributed by atoms with Gasteiger partial charge in [0.05, 0.1) is 6.04 Å². The number of anilines is 1. The lowest BCUT2D eigenvalue weighted by Gasteiger charge is -2.20. The zero-order valence-electron chi connectivity index (χ0n) is 10.4. The average Bonchev–Trinajstić information content (AvgIpc) is 2.38. The van der Waals surface area contributed by atoms with E-state index in [1.165, 1.54) is 24.1 Å². The third-order valence-corrected chi connectivity index (χ3v) is 3.21. The highest BCUT2D eigenvalue weighted by atomic mass is 15.0. The first-order valence-electron chi connectivity index (χ1n) is 6.40. The summed E-state index contributed by atoms with van der Waals surface area (Å²) in [6.45, 7) is 2.14. The summed E-state index contributed by atoms with van der Waals surface area (Å²) in [5.74, 6) is 3.74. The molecular weight excluding hydrogens is 210 g/mol. The van der Waals surface area contributed by atoms with E-state index in [2.05, 4.69) is 28.1 Å². The van der Waals surface area contributed by atoms with Crippen LogP contribution >= 0.6 is 0 Å². The second-order valence-electron chi connectivity index (χ2n) is 4.51. The van der Waals surface area contributed by atoms with Crippen LogP contribution in [0, 0.1) is 12.3 Å². The molecule has 0 saturated heterocycles. The van der Waals surface area contributed by atoms with Crippen LogP contribution in [-0.4, -0.2) is 16.0 Å². The Balaban J connectivity index is 2.18. The van der Waals surface area contributed by atoms with Crippen molar-refractivity contribution in [2.75, 3.05) is 5.32 Å². The number of terminal acetylenes is 1. The SMILES string of the molecule is C#CC(CCC)Nc1ncnc2c1CCCC2. The minimum absolute atomic E-state index is 0.0842. The molecule has 3 nitrogen and oxygen atoms in total. The molecule has 0 radical (unpaired) electrons. The molecule has 0 saturated carbocycles. The van der Waals surface area contributed by atoms with Crippen LogP contribution in [0.25, 0.3) is 0 Å². The van der Waals surface area contributed by atoms with Crippen LogP contribution in [0.4, 0.5) is 5.82 Å². The molecule has 2 rings (SSSR count). The predicted molar refractivity (Wildman–Crippen MR) is 69.8 cm³/mol. The Kier molecular flexibility index (Phi) is 3.98. The molecule has 17 heavy (non-hydrogen) atoms. The van der Waals surface area contributed by atoms with Crippen molar-refractivity contribution in [3.8, 4) is 12.3 Å². The van der Waals surface area contributed by atoms with Crippen molar-refractivity contribution in [3.05, 3.63) is 17.6 Å². The van der Waals surface area contributed by atoms with Crippen LogP contribution < -0.4 is 5.32 Å². The van der Waals surface area contributed by atoms with E-state index >= 15 is 0 Å². The van der Waals surface area contributed by atoms with Gasteiger partial charge in [0, 0.05) is 11.3 Å². The second kappa shape index (κ2) is 5.67. The molecule has 0 aromatic carbocycles. The lowest BCUT2D eigenvalue weighted by Crippen LogP contribution is -2.20. The zero-order valence-corrected chi connectivity index (χ0v) is 10.4. The van der Waals surface area contributed by atoms with E-state index in [0.29, 0.717) is 0 Å². The molecule has 1 heterocycles. The number of nitrogens with one attached hydrogen (secondary N) is 1. The Morgan fingerprint density at radius 1 is 1.41 bits per heavy atom. The van der Waals surface area contributed by atoms with E-state index in [-0.39, 0.29) is 6.04 Å². The summed E-state index contributed by atoms with van der Waals surface area (Å²) in [6.07, 6.45) is 13.8. The summed E-state index contributed by atoms with van der Waals surface area (Å²) in [5, 5.41) is 3.37. The Hall–Kier alpha value is -1.56. The van der Waals surface area contributed by atoms with Gasteiger partial charge in [-0.15, -0.1) is 6.42 Å². The highest BCUT2D eigenvalue weighted by Gasteiger charge is 2.16. The Labute approximate surface area is 103 Å². The minimum Gasteiger partial charge on any atom is -0.356 e. The number of hydrogen-bond acceptors (Lipinski definition) is 3. The fourth-order valence-electron chi connectivity index (χ4n) is 2.30. The molecule has 90 valence electrons. The van der Waals surface area contributed by atoms with Crippen molar-refractivity contribution in [2.45, 2.75) is 51.5 Å². The highest BCUT2D eigenvalue weighted by molar-refractivity contribution is 5.48. The van der Waals surface area contributed by atoms with Gasteiger partial charge in [-0.2, -0.15) is 0 Å². The van der Waals surface area contributed by atoms with E-state index in [9.17, 15) is 0 Å². The van der Waals surface area contributed by atoms with Crippen molar-refractivity contribution < 1.29 is 0 Å². The number of hydrogen-bond donors (Lipinski definition) is 1. The van der Waals surface area contributed by atoms with E-state index in [1.54, 1.807) is 6.33 Å². The Morgan fingerprint density at radius 3 is 3.00 bits per heavy atom. The maximum Gasteiger partial charge on any atom is 0.133 e. The van der Waals surface area contributed by atoms with Gasteiger partial charge in [-0.3, -0.25) is 0 Å². The maximum atomic E-state index is 5.53. The molecule has 1 atom stereocenters. The Bertz CT molecular complexity index is 420. The van der Waals surface area contributed by atoms with Gasteiger partial charge in [0.2, 0.25) is 0 Å². The molecule has 0 amide bonds. The summed E-state index contributed by atoms with van der Waals surface area (Å²) in [5.41, 5.74) is 2.47. The van der Waals surface area contributed by atoms with Crippen LogP contribution in [0.3, 0.4) is 0 Å². The molecule has 0 fully saturated rings. The van der Waals surface area contributed by atoms with Gasteiger partial charge in [0.1, 0.15) is 12.1 Å². The summed E-state index contributed by atoms with van der Waals surface area (Å²) in [6, 6.07) is 0.0842. The topological polar surface area (TPSA) is 37.8 Å². The third-order valence-electron chi connectivity index (χ3n) is 3.21. The lowest BCUT2D eigenvalue weighted by atomic mass is 9.96. The number of nitrogens with zero attached hydrogens (tertiary/aromatic N) is 2. The largest absolute Gasteiger partial charge is 0.356 e. The van der Waals surface area contributed by atoms with Crippen LogP contribution in [0.1, 0.15) is 43.9 Å². The molecule has 3 heteroatoms. The normalized spacial score (nSPS) is 15.8. The highest BCUT2D eigenvalue weighted by Crippen LogP contribution is 2.25. The first kappa shape index (κ1) is 11.9. The molecular formula is C14H19N3. The standard InChI is InChI=1S/C14H19N3/c1-3-7-11(4-2)17-14-12-8-5-6-9-13(12)15-10-16-14/h2,10-11H,3,5-9H2,1H3,(H,15,16,17). The smallest absolute Gasteiger partial charge is 0.133 e. The van der Waals surface area contributed by atoms with Crippen LogP contribution in [-0.2, 0) is 12.8 Å². The molecule has 1 aliphatic rings. The minimum atomic E-state index is 0.0842. The molecule has 0 spiro atoms. The van der Waals surface area contributed by atoms with Crippen LogP contribution in [0.15, 0.2) is 6.33 Å². The van der Waals surface area contributed by atoms with Gasteiger partial charge >= 0.3 is 0 Å². The van der Waals surface area contributed by atoms with Crippen molar-refractivity contribution in [3.63, 3.8) is 0 Å².